The molecule has 0 spiro atoms. The number of carbonyl (C=O) groups excluding carboxylic acids is 1. The van der Waals surface area contributed by atoms with Gasteiger partial charge in [0.2, 0.25) is 0 Å². The van der Waals surface area contributed by atoms with Crippen molar-refractivity contribution < 1.29 is 40.8 Å². The number of hydrogen-bond donors (Lipinski definition) is 2. The van der Waals surface area contributed by atoms with Gasteiger partial charge in [0.15, 0.2) is 6.54 Å². The quantitative estimate of drug-likeness (QED) is 0.785. The average Bonchev–Trinajstić information content (AvgIpc) is 2.43. The lowest BCUT2D eigenvalue weighted by molar-refractivity contribution is -0.907. The molecule has 1 amide bonds. The number of hydrogen-bond acceptors (Lipinski definition) is 2. The van der Waals surface area contributed by atoms with E-state index in [2.05, 4.69) is 5.32 Å². The largest absolute Gasteiger partial charge is 0.416 e. The fraction of sp³-hybridized carbons (Fsp3) is 0.562. The summed E-state index contributed by atoms with van der Waals surface area (Å²) in [6, 6.07) is 1.01. The highest BCUT2D eigenvalue weighted by molar-refractivity contribution is 5.91. The molecule has 0 radical (unpaired) electrons. The Kier molecular flexibility index (Phi) is 5.86. The van der Waals surface area contributed by atoms with Gasteiger partial charge in [-0.05, 0) is 32.0 Å². The molecule has 0 saturated carbocycles. The van der Waals surface area contributed by atoms with Crippen molar-refractivity contribution in [3.8, 4) is 0 Å². The van der Waals surface area contributed by atoms with Crippen LogP contribution in [0.25, 0.3) is 0 Å². The van der Waals surface area contributed by atoms with E-state index < -0.39 is 35.1 Å². The third-order valence-electron chi connectivity index (χ3n) is 3.90. The van der Waals surface area contributed by atoms with Crippen LogP contribution < -0.4 is 10.2 Å². The number of nitrogens with one attached hydrogen (secondary N) is 2. The van der Waals surface area contributed by atoms with Crippen LogP contribution in [0.2, 0.25) is 0 Å². The van der Waals surface area contributed by atoms with Crippen LogP contribution in [0.1, 0.15) is 25.0 Å². The van der Waals surface area contributed by atoms with Crippen molar-refractivity contribution in [3.05, 3.63) is 29.3 Å². The number of rotatable bonds is 3. The number of carbonyl (C=O) groups is 1. The van der Waals surface area contributed by atoms with Crippen LogP contribution in [0.15, 0.2) is 18.2 Å². The van der Waals surface area contributed by atoms with Crippen molar-refractivity contribution in [3.63, 3.8) is 0 Å². The van der Waals surface area contributed by atoms with Gasteiger partial charge in [0.25, 0.3) is 5.91 Å². The molecule has 10 heteroatoms. The minimum Gasteiger partial charge on any atom is -0.364 e. The van der Waals surface area contributed by atoms with Gasteiger partial charge in [0, 0.05) is 5.69 Å². The number of halogens is 6. The molecule has 3 atom stereocenters. The highest BCUT2D eigenvalue weighted by Crippen LogP contribution is 2.37. The first kappa shape index (κ1) is 20.5. The van der Waals surface area contributed by atoms with E-state index in [1.807, 2.05) is 13.8 Å². The number of alkyl halides is 6. The summed E-state index contributed by atoms with van der Waals surface area (Å²) < 4.78 is 82.5. The monoisotopic (exact) mass is 385 g/mol. The topological polar surface area (TPSA) is 42.8 Å². The van der Waals surface area contributed by atoms with Gasteiger partial charge in [-0.1, -0.05) is 0 Å². The van der Waals surface area contributed by atoms with Gasteiger partial charge in [-0.2, -0.15) is 26.3 Å². The van der Waals surface area contributed by atoms with Gasteiger partial charge >= 0.3 is 12.4 Å². The molecular weight excluding hydrogens is 366 g/mol. The van der Waals surface area contributed by atoms with E-state index in [1.54, 1.807) is 0 Å². The summed E-state index contributed by atoms with van der Waals surface area (Å²) >= 11 is 0. The number of ether oxygens (including phenoxy) is 1. The van der Waals surface area contributed by atoms with Gasteiger partial charge in [0.05, 0.1) is 11.1 Å². The first-order chi connectivity index (χ1) is 11.8. The number of amides is 1. The van der Waals surface area contributed by atoms with Crippen molar-refractivity contribution in [1.82, 2.24) is 0 Å². The van der Waals surface area contributed by atoms with Crippen LogP contribution in [0, 0.1) is 0 Å². The maximum atomic E-state index is 12.8. The smallest absolute Gasteiger partial charge is 0.364 e. The molecule has 0 aromatic heterocycles. The molecule has 1 aromatic carbocycles. The van der Waals surface area contributed by atoms with Crippen LogP contribution in [-0.4, -0.2) is 37.7 Å². The molecule has 1 fully saturated rings. The SMILES string of the molecule is C[C@@H]1C[NH+](CC(=O)Nc2cc(C(F)(F)F)cc(C(F)(F)F)c2)C[C@H](C)O1. The van der Waals surface area contributed by atoms with Crippen molar-refractivity contribution in [1.29, 1.82) is 0 Å². The van der Waals surface area contributed by atoms with E-state index in [4.69, 9.17) is 4.74 Å². The van der Waals surface area contributed by atoms with Gasteiger partial charge < -0.3 is 15.0 Å². The van der Waals surface area contributed by atoms with Crippen LogP contribution in [-0.2, 0) is 21.9 Å². The highest BCUT2D eigenvalue weighted by atomic mass is 19.4. The van der Waals surface area contributed by atoms with Crippen LogP contribution in [0.4, 0.5) is 32.0 Å². The van der Waals surface area contributed by atoms with E-state index >= 15 is 0 Å². The Balaban J connectivity index is 2.16. The molecule has 2 rings (SSSR count). The summed E-state index contributed by atoms with van der Waals surface area (Å²) in [4.78, 5) is 12.9. The second-order valence-corrected chi connectivity index (χ2v) is 6.44. The molecule has 146 valence electrons. The maximum absolute atomic E-state index is 12.8. The number of quaternary nitrogens is 1. The maximum Gasteiger partial charge on any atom is 0.416 e. The van der Waals surface area contributed by atoms with Crippen LogP contribution in [0.3, 0.4) is 0 Å². The van der Waals surface area contributed by atoms with Crippen molar-refractivity contribution in [2.45, 2.75) is 38.4 Å². The first-order valence-corrected chi connectivity index (χ1v) is 7.93. The summed E-state index contributed by atoms with van der Waals surface area (Å²) in [5, 5.41) is 2.14. The Morgan fingerprint density at radius 1 is 1.04 bits per heavy atom. The fourth-order valence-corrected chi connectivity index (χ4v) is 2.99. The minimum absolute atomic E-state index is 0.0201. The Morgan fingerprint density at radius 3 is 1.92 bits per heavy atom. The van der Waals surface area contributed by atoms with E-state index in [0.717, 1.165) is 4.90 Å². The van der Waals surface area contributed by atoms with E-state index in [9.17, 15) is 31.1 Å². The number of benzene rings is 1. The van der Waals surface area contributed by atoms with E-state index in [1.165, 1.54) is 0 Å². The molecule has 26 heavy (non-hydrogen) atoms. The molecule has 1 aliphatic heterocycles. The zero-order valence-corrected chi connectivity index (χ0v) is 14.1. The Morgan fingerprint density at radius 2 is 1.50 bits per heavy atom. The van der Waals surface area contributed by atoms with Crippen LogP contribution in [0.5, 0.6) is 0 Å². The highest BCUT2D eigenvalue weighted by Gasteiger charge is 2.37. The lowest BCUT2D eigenvalue weighted by Gasteiger charge is -2.31. The number of morpholine rings is 1. The third kappa shape index (κ3) is 5.60. The van der Waals surface area contributed by atoms with Gasteiger partial charge in [0.1, 0.15) is 25.3 Å². The second-order valence-electron chi connectivity index (χ2n) is 6.44. The van der Waals surface area contributed by atoms with Gasteiger partial charge in [-0.25, -0.2) is 0 Å². The van der Waals surface area contributed by atoms with Crippen molar-refractivity contribution >= 4 is 11.6 Å². The number of anilines is 1. The van der Waals surface area contributed by atoms with Gasteiger partial charge in [-0.3, -0.25) is 4.79 Å². The summed E-state index contributed by atoms with van der Waals surface area (Å²) in [6.45, 7) is 4.63. The summed E-state index contributed by atoms with van der Waals surface area (Å²) in [5.74, 6) is -0.659. The average molecular weight is 385 g/mol. The molecule has 1 aliphatic rings. The van der Waals surface area contributed by atoms with E-state index in [-0.39, 0.29) is 24.8 Å². The van der Waals surface area contributed by atoms with Gasteiger partial charge in [-0.15, -0.1) is 0 Å². The molecule has 0 bridgehead atoms. The Hall–Kier alpha value is -1.81. The van der Waals surface area contributed by atoms with Crippen LogP contribution >= 0.6 is 0 Å². The zero-order valence-electron chi connectivity index (χ0n) is 14.1. The predicted octanol–water partition coefficient (Wildman–Crippen LogP) is 2.35. The zero-order chi connectivity index (χ0) is 19.7. The molecule has 0 aliphatic carbocycles. The Labute approximate surface area is 146 Å². The minimum atomic E-state index is -4.96. The summed E-state index contributed by atoms with van der Waals surface area (Å²) in [7, 11) is 0. The molecule has 1 saturated heterocycles. The normalized spacial score (nSPS) is 24.4. The lowest BCUT2D eigenvalue weighted by atomic mass is 10.1. The molecule has 1 aromatic rings. The Bertz CT molecular complexity index is 617. The van der Waals surface area contributed by atoms with Crippen molar-refractivity contribution in [2.24, 2.45) is 0 Å². The standard InChI is InChI=1S/C16H18F6N2O2/c1-9-6-24(7-10(2)26-9)8-14(25)23-13-4-11(15(17,18)19)3-12(5-13)16(20,21)22/h3-5,9-10H,6-8H2,1-2H3,(H,23,25)/p+1/t9-,10+. The predicted molar refractivity (Wildman–Crippen MR) is 80.6 cm³/mol. The molecule has 2 N–H and O–H groups in total. The third-order valence-corrected chi connectivity index (χ3v) is 3.90. The lowest BCUT2D eigenvalue weighted by Crippen LogP contribution is -3.16. The fourth-order valence-electron chi connectivity index (χ4n) is 2.99. The summed E-state index contributed by atoms with van der Waals surface area (Å²) in [5.41, 5.74) is -3.47. The molecular formula is C16H19F6N2O2+. The first-order valence-electron chi connectivity index (χ1n) is 7.93. The summed E-state index contributed by atoms with van der Waals surface area (Å²) in [6.07, 6.45) is -10.1. The molecule has 1 heterocycles. The second kappa shape index (κ2) is 7.43. The van der Waals surface area contributed by atoms with Crippen molar-refractivity contribution in [2.75, 3.05) is 25.0 Å². The molecule has 1 unspecified atom stereocenters. The molecule has 4 nitrogen and oxygen atoms in total. The van der Waals surface area contributed by atoms with E-state index in [0.29, 0.717) is 25.2 Å².